The highest BCUT2D eigenvalue weighted by Gasteiger charge is 2.18. The van der Waals surface area contributed by atoms with Crippen LogP contribution in [0.5, 0.6) is 5.75 Å². The Kier molecular flexibility index (Phi) is 4.74. The standard InChI is InChI=1S/C20H24N4O/c1-4-15-16(17-11-23-24-18(17)9-12(2)3)10-22-20(21)19(15)13-5-7-14(25)8-6-13/h5-8,10-12,25H,4,9H2,1-3H3,(H2,21,22)(H,23,24). The number of rotatable bonds is 5. The molecule has 0 unspecified atom stereocenters. The number of aromatic amines is 1. The van der Waals surface area contributed by atoms with Gasteiger partial charge in [-0.3, -0.25) is 5.10 Å². The largest absolute Gasteiger partial charge is 0.508 e. The Balaban J connectivity index is 2.18. The summed E-state index contributed by atoms with van der Waals surface area (Å²) in [5.41, 5.74) is 12.4. The third kappa shape index (κ3) is 3.36. The van der Waals surface area contributed by atoms with Gasteiger partial charge in [0.05, 0.1) is 5.69 Å². The second kappa shape index (κ2) is 6.97. The van der Waals surface area contributed by atoms with Crippen molar-refractivity contribution in [2.24, 2.45) is 5.92 Å². The van der Waals surface area contributed by atoms with Crippen molar-refractivity contribution in [3.05, 3.63) is 47.9 Å². The van der Waals surface area contributed by atoms with Gasteiger partial charge in [0, 0.05) is 29.1 Å². The average Bonchev–Trinajstić information content (AvgIpc) is 3.02. The molecular formula is C20H24N4O. The van der Waals surface area contributed by atoms with Crippen LogP contribution in [-0.4, -0.2) is 20.3 Å². The molecule has 0 saturated carbocycles. The quantitative estimate of drug-likeness (QED) is 0.652. The number of aromatic nitrogens is 3. The summed E-state index contributed by atoms with van der Waals surface area (Å²) >= 11 is 0. The van der Waals surface area contributed by atoms with Crippen molar-refractivity contribution >= 4 is 5.82 Å². The molecule has 0 aliphatic carbocycles. The zero-order valence-corrected chi connectivity index (χ0v) is 14.9. The summed E-state index contributed by atoms with van der Waals surface area (Å²) in [5.74, 6) is 1.25. The maximum absolute atomic E-state index is 9.57. The minimum atomic E-state index is 0.235. The lowest BCUT2D eigenvalue weighted by Gasteiger charge is -2.16. The van der Waals surface area contributed by atoms with E-state index in [9.17, 15) is 5.11 Å². The van der Waals surface area contributed by atoms with Gasteiger partial charge in [-0.05, 0) is 42.0 Å². The van der Waals surface area contributed by atoms with E-state index in [2.05, 4.69) is 36.0 Å². The number of hydrogen-bond acceptors (Lipinski definition) is 4. The van der Waals surface area contributed by atoms with E-state index in [4.69, 9.17) is 5.73 Å². The molecule has 0 spiro atoms. The van der Waals surface area contributed by atoms with Gasteiger partial charge in [0.15, 0.2) is 0 Å². The first-order chi connectivity index (χ1) is 12.0. The third-order valence-corrected chi connectivity index (χ3v) is 4.34. The van der Waals surface area contributed by atoms with Gasteiger partial charge >= 0.3 is 0 Å². The Morgan fingerprint density at radius 2 is 1.88 bits per heavy atom. The molecule has 0 saturated heterocycles. The number of benzene rings is 1. The second-order valence-corrected chi connectivity index (χ2v) is 6.65. The molecule has 5 heteroatoms. The van der Waals surface area contributed by atoms with Crippen molar-refractivity contribution in [2.45, 2.75) is 33.6 Å². The SMILES string of the molecule is CCc1c(-c2c[nH]nc2CC(C)C)cnc(N)c1-c1ccc(O)cc1. The summed E-state index contributed by atoms with van der Waals surface area (Å²) in [4.78, 5) is 4.44. The van der Waals surface area contributed by atoms with E-state index in [1.165, 1.54) is 0 Å². The number of H-pyrrole nitrogens is 1. The van der Waals surface area contributed by atoms with E-state index in [-0.39, 0.29) is 5.75 Å². The van der Waals surface area contributed by atoms with Crippen molar-refractivity contribution < 1.29 is 5.11 Å². The van der Waals surface area contributed by atoms with Gasteiger partial charge < -0.3 is 10.8 Å². The summed E-state index contributed by atoms with van der Waals surface area (Å²) in [6.45, 7) is 6.48. The number of hydrogen-bond donors (Lipinski definition) is 3. The molecule has 2 heterocycles. The monoisotopic (exact) mass is 336 g/mol. The molecule has 0 atom stereocenters. The third-order valence-electron chi connectivity index (χ3n) is 4.34. The molecule has 0 aliphatic heterocycles. The normalized spacial score (nSPS) is 11.2. The molecular weight excluding hydrogens is 312 g/mol. The lowest BCUT2D eigenvalue weighted by atomic mass is 9.91. The fraction of sp³-hybridized carbons (Fsp3) is 0.300. The smallest absolute Gasteiger partial charge is 0.131 e. The maximum Gasteiger partial charge on any atom is 0.131 e. The second-order valence-electron chi connectivity index (χ2n) is 6.65. The summed E-state index contributed by atoms with van der Waals surface area (Å²) in [6, 6.07) is 7.08. The van der Waals surface area contributed by atoms with Gasteiger partial charge in [-0.1, -0.05) is 32.9 Å². The molecule has 0 aliphatic rings. The first kappa shape index (κ1) is 17.0. The van der Waals surface area contributed by atoms with Crippen LogP contribution < -0.4 is 5.73 Å². The van der Waals surface area contributed by atoms with Gasteiger partial charge in [0.2, 0.25) is 0 Å². The molecule has 0 radical (unpaired) electrons. The summed E-state index contributed by atoms with van der Waals surface area (Å²) < 4.78 is 0. The number of nitrogens with two attached hydrogens (primary N) is 1. The molecule has 2 aromatic heterocycles. The highest BCUT2D eigenvalue weighted by atomic mass is 16.3. The van der Waals surface area contributed by atoms with Gasteiger partial charge in [0.1, 0.15) is 11.6 Å². The fourth-order valence-electron chi connectivity index (χ4n) is 3.21. The lowest BCUT2D eigenvalue weighted by Crippen LogP contribution is -2.03. The molecule has 5 nitrogen and oxygen atoms in total. The van der Waals surface area contributed by atoms with Gasteiger partial charge in [0.25, 0.3) is 0 Å². The molecule has 0 amide bonds. The average molecular weight is 336 g/mol. The zero-order chi connectivity index (χ0) is 18.0. The molecule has 3 aromatic rings. The predicted molar refractivity (Wildman–Crippen MR) is 101 cm³/mol. The van der Waals surface area contributed by atoms with Gasteiger partial charge in [-0.15, -0.1) is 0 Å². The number of nitrogen functional groups attached to an aromatic ring is 1. The number of pyridine rings is 1. The maximum atomic E-state index is 9.57. The van der Waals surface area contributed by atoms with Crippen molar-refractivity contribution in [3.8, 4) is 28.0 Å². The number of nitrogens with zero attached hydrogens (tertiary/aromatic N) is 2. The van der Waals surface area contributed by atoms with E-state index in [1.807, 2.05) is 24.5 Å². The van der Waals surface area contributed by atoms with E-state index < -0.39 is 0 Å². The number of phenols is 1. The van der Waals surface area contributed by atoms with Crippen LogP contribution >= 0.6 is 0 Å². The number of aromatic hydroxyl groups is 1. The lowest BCUT2D eigenvalue weighted by molar-refractivity contribution is 0.475. The minimum absolute atomic E-state index is 0.235. The number of nitrogens with one attached hydrogen (secondary N) is 1. The number of phenolic OH excluding ortho intramolecular Hbond substituents is 1. The molecule has 0 fully saturated rings. The summed E-state index contributed by atoms with van der Waals surface area (Å²) in [6.07, 6.45) is 5.50. The van der Waals surface area contributed by atoms with Crippen LogP contribution in [-0.2, 0) is 12.8 Å². The molecule has 25 heavy (non-hydrogen) atoms. The van der Waals surface area contributed by atoms with E-state index in [0.29, 0.717) is 11.7 Å². The highest BCUT2D eigenvalue weighted by molar-refractivity contribution is 5.84. The van der Waals surface area contributed by atoms with Crippen LogP contribution in [0.15, 0.2) is 36.7 Å². The van der Waals surface area contributed by atoms with Crippen LogP contribution in [0.1, 0.15) is 32.0 Å². The minimum Gasteiger partial charge on any atom is -0.508 e. The number of anilines is 1. The van der Waals surface area contributed by atoms with Crippen LogP contribution in [0, 0.1) is 5.92 Å². The first-order valence-electron chi connectivity index (χ1n) is 8.61. The zero-order valence-electron chi connectivity index (χ0n) is 14.9. The molecule has 130 valence electrons. The summed E-state index contributed by atoms with van der Waals surface area (Å²) in [7, 11) is 0. The van der Waals surface area contributed by atoms with Gasteiger partial charge in [-0.25, -0.2) is 4.98 Å². The Morgan fingerprint density at radius 1 is 1.16 bits per heavy atom. The van der Waals surface area contributed by atoms with Gasteiger partial charge in [-0.2, -0.15) is 5.10 Å². The van der Waals surface area contributed by atoms with Crippen molar-refractivity contribution in [3.63, 3.8) is 0 Å². The predicted octanol–water partition coefficient (Wildman–Crippen LogP) is 4.19. The Morgan fingerprint density at radius 3 is 2.52 bits per heavy atom. The Bertz CT molecular complexity index is 866. The van der Waals surface area contributed by atoms with Crippen LogP contribution in [0.2, 0.25) is 0 Å². The molecule has 0 bridgehead atoms. The fourth-order valence-corrected chi connectivity index (χ4v) is 3.21. The van der Waals surface area contributed by atoms with E-state index in [1.54, 1.807) is 12.1 Å². The van der Waals surface area contributed by atoms with E-state index in [0.717, 1.165) is 46.4 Å². The van der Waals surface area contributed by atoms with Crippen LogP contribution in [0.3, 0.4) is 0 Å². The van der Waals surface area contributed by atoms with Crippen molar-refractivity contribution in [1.29, 1.82) is 0 Å². The Labute approximate surface area is 147 Å². The Hall–Kier alpha value is -2.82. The highest BCUT2D eigenvalue weighted by Crippen LogP contribution is 2.37. The van der Waals surface area contributed by atoms with Crippen LogP contribution in [0.25, 0.3) is 22.3 Å². The van der Waals surface area contributed by atoms with Crippen molar-refractivity contribution in [2.75, 3.05) is 5.73 Å². The van der Waals surface area contributed by atoms with Crippen molar-refractivity contribution in [1.82, 2.24) is 15.2 Å². The summed E-state index contributed by atoms with van der Waals surface area (Å²) in [5, 5.41) is 17.0. The topological polar surface area (TPSA) is 87.8 Å². The first-order valence-corrected chi connectivity index (χ1v) is 8.61. The molecule has 1 aromatic carbocycles. The molecule has 4 N–H and O–H groups in total. The molecule has 3 rings (SSSR count). The van der Waals surface area contributed by atoms with E-state index >= 15 is 0 Å². The van der Waals surface area contributed by atoms with Crippen LogP contribution in [0.4, 0.5) is 5.82 Å².